The van der Waals surface area contributed by atoms with Crippen molar-refractivity contribution in [1.82, 2.24) is 0 Å². The van der Waals surface area contributed by atoms with Gasteiger partial charge in [-0.05, 0) is 49.4 Å². The Bertz CT molecular complexity index is 819. The van der Waals surface area contributed by atoms with Crippen molar-refractivity contribution < 1.29 is 17.9 Å². The molecule has 0 spiro atoms. The van der Waals surface area contributed by atoms with Crippen molar-refractivity contribution in [2.45, 2.75) is 6.92 Å². The first kappa shape index (κ1) is 18.3. The van der Waals surface area contributed by atoms with Crippen LogP contribution in [-0.4, -0.2) is 33.6 Å². The van der Waals surface area contributed by atoms with Crippen molar-refractivity contribution in [3.05, 3.63) is 59.1 Å². The van der Waals surface area contributed by atoms with E-state index >= 15 is 0 Å². The molecule has 0 saturated carbocycles. The number of hydrogen-bond donors (Lipinski definition) is 0. The number of ether oxygens (including phenoxy) is 1. The highest BCUT2D eigenvalue weighted by Crippen LogP contribution is 2.20. The molecule has 0 aliphatic rings. The van der Waals surface area contributed by atoms with Crippen LogP contribution in [0, 0.1) is 0 Å². The molecule has 2 aromatic rings. The molecule has 0 radical (unpaired) electrons. The van der Waals surface area contributed by atoms with Crippen LogP contribution in [0.1, 0.15) is 17.3 Å². The molecule has 7 heteroatoms. The largest absolute Gasteiger partial charge is 0.492 e. The van der Waals surface area contributed by atoms with Gasteiger partial charge in [-0.25, -0.2) is 8.42 Å². The zero-order valence-electron chi connectivity index (χ0n) is 13.4. The summed E-state index contributed by atoms with van der Waals surface area (Å²) in [6.45, 7) is 1.77. The highest BCUT2D eigenvalue weighted by atomic mass is 35.5. The summed E-state index contributed by atoms with van der Waals surface area (Å²) in [5, 5.41) is 0.548. The van der Waals surface area contributed by atoms with E-state index in [0.29, 0.717) is 22.0 Å². The van der Waals surface area contributed by atoms with Crippen LogP contribution >= 0.6 is 11.6 Å². The van der Waals surface area contributed by atoms with Crippen LogP contribution < -0.4 is 9.04 Å². The summed E-state index contributed by atoms with van der Waals surface area (Å²) in [6, 6.07) is 13.3. The predicted molar refractivity (Wildman–Crippen MR) is 95.6 cm³/mol. The van der Waals surface area contributed by atoms with E-state index < -0.39 is 10.0 Å². The molecule has 24 heavy (non-hydrogen) atoms. The molecule has 0 unspecified atom stereocenters. The molecule has 2 rings (SSSR count). The summed E-state index contributed by atoms with van der Waals surface area (Å²) in [7, 11) is -3.47. The van der Waals surface area contributed by atoms with Crippen molar-refractivity contribution in [3.63, 3.8) is 0 Å². The van der Waals surface area contributed by atoms with E-state index in [1.165, 1.54) is 11.2 Å². The molecular weight excluding hydrogens is 350 g/mol. The van der Waals surface area contributed by atoms with E-state index in [1.54, 1.807) is 48.5 Å². The fraction of sp³-hybridized carbons (Fsp3) is 0.235. The van der Waals surface area contributed by atoms with Crippen LogP contribution in [0.5, 0.6) is 5.75 Å². The third kappa shape index (κ3) is 4.97. The number of rotatable bonds is 7. The fourth-order valence-electron chi connectivity index (χ4n) is 2.15. The smallest absolute Gasteiger partial charge is 0.232 e. The maximum atomic E-state index is 12.0. The molecular formula is C17H18ClNO4S. The SMILES string of the molecule is CC(=O)c1ccc(N(CCOc2cccc(Cl)c2)S(C)(=O)=O)cc1. The Kier molecular flexibility index (Phi) is 5.85. The van der Waals surface area contributed by atoms with Gasteiger partial charge in [0.1, 0.15) is 12.4 Å². The molecule has 2 aromatic carbocycles. The highest BCUT2D eigenvalue weighted by Gasteiger charge is 2.17. The van der Waals surface area contributed by atoms with Gasteiger partial charge in [-0.2, -0.15) is 0 Å². The topological polar surface area (TPSA) is 63.7 Å². The third-order valence-corrected chi connectivity index (χ3v) is 4.75. The first-order valence-electron chi connectivity index (χ1n) is 7.24. The molecule has 128 valence electrons. The first-order chi connectivity index (χ1) is 11.3. The lowest BCUT2D eigenvalue weighted by molar-refractivity contribution is 0.101. The van der Waals surface area contributed by atoms with E-state index in [-0.39, 0.29) is 18.9 Å². The van der Waals surface area contributed by atoms with E-state index in [9.17, 15) is 13.2 Å². The lowest BCUT2D eigenvalue weighted by Gasteiger charge is -2.22. The average molecular weight is 368 g/mol. The third-order valence-electron chi connectivity index (χ3n) is 3.32. The average Bonchev–Trinajstić information content (AvgIpc) is 2.50. The lowest BCUT2D eigenvalue weighted by atomic mass is 10.1. The summed E-state index contributed by atoms with van der Waals surface area (Å²) in [5.41, 5.74) is 1.01. The normalized spacial score (nSPS) is 11.1. The molecule has 0 heterocycles. The number of hydrogen-bond acceptors (Lipinski definition) is 4. The van der Waals surface area contributed by atoms with Gasteiger partial charge in [0, 0.05) is 10.6 Å². The number of halogens is 1. The van der Waals surface area contributed by atoms with Crippen molar-refractivity contribution in [3.8, 4) is 5.75 Å². The molecule has 0 aliphatic carbocycles. The van der Waals surface area contributed by atoms with Gasteiger partial charge in [0.2, 0.25) is 10.0 Å². The van der Waals surface area contributed by atoms with Crippen molar-refractivity contribution in [2.75, 3.05) is 23.7 Å². The quantitative estimate of drug-likeness (QED) is 0.704. The molecule has 0 saturated heterocycles. The van der Waals surface area contributed by atoms with Gasteiger partial charge in [-0.3, -0.25) is 9.10 Å². The molecule has 0 aromatic heterocycles. The number of benzene rings is 2. The van der Waals surface area contributed by atoms with E-state index in [1.807, 2.05) is 0 Å². The van der Waals surface area contributed by atoms with E-state index in [2.05, 4.69) is 0 Å². The van der Waals surface area contributed by atoms with Crippen LogP contribution in [0.2, 0.25) is 5.02 Å². The maximum Gasteiger partial charge on any atom is 0.232 e. The minimum Gasteiger partial charge on any atom is -0.492 e. The summed E-state index contributed by atoms with van der Waals surface area (Å²) >= 11 is 5.88. The van der Waals surface area contributed by atoms with Gasteiger partial charge < -0.3 is 4.74 Å². The van der Waals surface area contributed by atoms with Crippen LogP contribution in [0.3, 0.4) is 0 Å². The molecule has 0 fully saturated rings. The standard InChI is InChI=1S/C17H18ClNO4S/c1-13(20)14-6-8-16(9-7-14)19(24(2,21)22)10-11-23-17-5-3-4-15(18)12-17/h3-9,12H,10-11H2,1-2H3. The Morgan fingerprint density at radius 3 is 2.38 bits per heavy atom. The van der Waals surface area contributed by atoms with Crippen LogP contribution in [0.15, 0.2) is 48.5 Å². The zero-order valence-corrected chi connectivity index (χ0v) is 15.0. The number of anilines is 1. The van der Waals surface area contributed by atoms with Crippen molar-refractivity contribution in [2.24, 2.45) is 0 Å². The van der Waals surface area contributed by atoms with Crippen LogP contribution in [0.25, 0.3) is 0 Å². The summed E-state index contributed by atoms with van der Waals surface area (Å²) < 4.78 is 30.8. The fourth-order valence-corrected chi connectivity index (χ4v) is 3.24. The van der Waals surface area contributed by atoms with E-state index in [4.69, 9.17) is 16.3 Å². The minimum atomic E-state index is -3.47. The number of nitrogens with zero attached hydrogens (tertiary/aromatic N) is 1. The first-order valence-corrected chi connectivity index (χ1v) is 9.47. The minimum absolute atomic E-state index is 0.0725. The van der Waals surface area contributed by atoms with Gasteiger partial charge >= 0.3 is 0 Å². The number of carbonyl (C=O) groups excluding carboxylic acids is 1. The Labute approximate surface area is 146 Å². The summed E-state index contributed by atoms with van der Waals surface area (Å²) in [5.74, 6) is 0.500. The Morgan fingerprint density at radius 2 is 1.83 bits per heavy atom. The second kappa shape index (κ2) is 7.68. The molecule has 0 N–H and O–H groups in total. The summed E-state index contributed by atoms with van der Waals surface area (Å²) in [6.07, 6.45) is 1.13. The summed E-state index contributed by atoms with van der Waals surface area (Å²) in [4.78, 5) is 11.3. The second-order valence-electron chi connectivity index (χ2n) is 5.24. The Hall–Kier alpha value is -2.05. The van der Waals surface area contributed by atoms with Crippen molar-refractivity contribution in [1.29, 1.82) is 0 Å². The van der Waals surface area contributed by atoms with Crippen LogP contribution in [-0.2, 0) is 10.0 Å². The molecule has 0 bridgehead atoms. The number of ketones is 1. The van der Waals surface area contributed by atoms with Gasteiger partial charge in [0.05, 0.1) is 18.5 Å². The number of carbonyl (C=O) groups is 1. The number of sulfonamides is 1. The van der Waals surface area contributed by atoms with Gasteiger partial charge in [-0.1, -0.05) is 17.7 Å². The zero-order chi connectivity index (χ0) is 17.7. The van der Waals surface area contributed by atoms with Crippen molar-refractivity contribution >= 4 is 33.1 Å². The molecule has 0 amide bonds. The van der Waals surface area contributed by atoms with Gasteiger partial charge in [-0.15, -0.1) is 0 Å². The van der Waals surface area contributed by atoms with Crippen LogP contribution in [0.4, 0.5) is 5.69 Å². The highest BCUT2D eigenvalue weighted by molar-refractivity contribution is 7.92. The molecule has 0 atom stereocenters. The monoisotopic (exact) mass is 367 g/mol. The Morgan fingerprint density at radius 1 is 1.17 bits per heavy atom. The lowest BCUT2D eigenvalue weighted by Crippen LogP contribution is -2.33. The predicted octanol–water partition coefficient (Wildman–Crippen LogP) is 3.39. The molecule has 0 aliphatic heterocycles. The van der Waals surface area contributed by atoms with E-state index in [0.717, 1.165) is 6.26 Å². The second-order valence-corrected chi connectivity index (χ2v) is 7.59. The Balaban J connectivity index is 2.10. The van der Waals surface area contributed by atoms with Gasteiger partial charge in [0.15, 0.2) is 5.78 Å². The van der Waals surface area contributed by atoms with Gasteiger partial charge in [0.25, 0.3) is 0 Å². The maximum absolute atomic E-state index is 12.0. The number of Topliss-reactive ketones (excluding diaryl/α,β-unsaturated/α-hetero) is 1. The molecule has 5 nitrogen and oxygen atoms in total.